The highest BCUT2D eigenvalue weighted by Gasteiger charge is 2.20. The average molecular weight is 374 g/mol. The van der Waals surface area contributed by atoms with Gasteiger partial charge in [0.05, 0.1) is 24.1 Å². The highest BCUT2D eigenvalue weighted by atomic mass is 16.2. The van der Waals surface area contributed by atoms with Crippen molar-refractivity contribution in [1.82, 2.24) is 29.3 Å². The molecule has 7 nitrogen and oxygen atoms in total. The fourth-order valence-electron chi connectivity index (χ4n) is 3.17. The molecule has 3 heterocycles. The maximum atomic E-state index is 13.0. The Labute approximate surface area is 163 Å². The first-order chi connectivity index (χ1) is 13.6. The first-order valence-electron chi connectivity index (χ1n) is 9.24. The second kappa shape index (κ2) is 7.26. The zero-order valence-electron chi connectivity index (χ0n) is 16.2. The molecule has 0 radical (unpaired) electrons. The van der Waals surface area contributed by atoms with Gasteiger partial charge in [0.15, 0.2) is 5.65 Å². The predicted octanol–water partition coefficient (Wildman–Crippen LogP) is 3.19. The Morgan fingerprint density at radius 1 is 1.14 bits per heavy atom. The van der Waals surface area contributed by atoms with E-state index >= 15 is 0 Å². The number of aryl methyl sites for hydroxylation is 2. The largest absolute Gasteiger partial charge is 0.336 e. The van der Waals surface area contributed by atoms with E-state index in [1.54, 1.807) is 28.9 Å². The van der Waals surface area contributed by atoms with Crippen LogP contribution in [0.3, 0.4) is 0 Å². The first kappa shape index (κ1) is 17.9. The van der Waals surface area contributed by atoms with E-state index in [1.165, 1.54) is 5.56 Å². The summed E-state index contributed by atoms with van der Waals surface area (Å²) in [6.07, 6.45) is 5.22. The van der Waals surface area contributed by atoms with Gasteiger partial charge in [0.1, 0.15) is 5.56 Å². The minimum atomic E-state index is -0.130. The molecular weight excluding hydrogens is 352 g/mol. The molecule has 3 aromatic heterocycles. The predicted molar refractivity (Wildman–Crippen MR) is 107 cm³/mol. The van der Waals surface area contributed by atoms with Crippen LogP contribution in [-0.4, -0.2) is 42.2 Å². The van der Waals surface area contributed by atoms with Crippen LogP contribution >= 0.6 is 0 Å². The van der Waals surface area contributed by atoms with E-state index < -0.39 is 0 Å². The number of carbonyl (C=O) groups excluding carboxylic acids is 1. The molecule has 0 aliphatic rings. The lowest BCUT2D eigenvalue weighted by atomic mass is 10.1. The van der Waals surface area contributed by atoms with Gasteiger partial charge in [-0.05, 0) is 26.0 Å². The van der Waals surface area contributed by atoms with Crippen LogP contribution in [0.4, 0.5) is 0 Å². The Hall–Kier alpha value is -3.48. The van der Waals surface area contributed by atoms with Crippen LogP contribution in [0.1, 0.15) is 28.5 Å². The average Bonchev–Trinajstić information content (AvgIpc) is 3.34. The fraction of sp³-hybridized carbons (Fsp3) is 0.238. The van der Waals surface area contributed by atoms with Gasteiger partial charge in [0.2, 0.25) is 0 Å². The summed E-state index contributed by atoms with van der Waals surface area (Å²) in [7, 11) is 1.76. The van der Waals surface area contributed by atoms with Gasteiger partial charge in [-0.1, -0.05) is 29.8 Å². The molecule has 1 aromatic carbocycles. The third-order valence-corrected chi connectivity index (χ3v) is 4.74. The molecule has 142 valence electrons. The Morgan fingerprint density at radius 3 is 2.64 bits per heavy atom. The van der Waals surface area contributed by atoms with Crippen LogP contribution < -0.4 is 0 Å². The van der Waals surface area contributed by atoms with Crippen molar-refractivity contribution in [3.05, 3.63) is 71.8 Å². The molecule has 28 heavy (non-hydrogen) atoms. The van der Waals surface area contributed by atoms with Gasteiger partial charge < -0.3 is 4.90 Å². The maximum Gasteiger partial charge on any atom is 0.259 e. The molecule has 4 rings (SSSR count). The molecule has 0 spiro atoms. The number of nitrogens with zero attached hydrogens (tertiary/aromatic N) is 6. The molecule has 1 amide bonds. The quantitative estimate of drug-likeness (QED) is 0.538. The highest BCUT2D eigenvalue weighted by Crippen LogP contribution is 2.22. The lowest BCUT2D eigenvalue weighted by Gasteiger charge is -2.15. The molecule has 0 saturated carbocycles. The molecule has 0 saturated heterocycles. The van der Waals surface area contributed by atoms with Crippen molar-refractivity contribution in [2.75, 3.05) is 7.05 Å². The molecule has 0 atom stereocenters. The monoisotopic (exact) mass is 374 g/mol. The van der Waals surface area contributed by atoms with Crippen LogP contribution in [0.15, 0.2) is 55.0 Å². The summed E-state index contributed by atoms with van der Waals surface area (Å²) in [4.78, 5) is 19.0. The maximum absolute atomic E-state index is 13.0. The number of hydrogen-bond donors (Lipinski definition) is 0. The van der Waals surface area contributed by atoms with Crippen molar-refractivity contribution in [3.63, 3.8) is 0 Å². The number of benzene rings is 1. The summed E-state index contributed by atoms with van der Waals surface area (Å²) in [6, 6.07) is 12.0. The van der Waals surface area contributed by atoms with Crippen LogP contribution in [0.25, 0.3) is 16.9 Å². The molecule has 7 heteroatoms. The van der Waals surface area contributed by atoms with Gasteiger partial charge >= 0.3 is 0 Å². The van der Waals surface area contributed by atoms with E-state index in [1.807, 2.05) is 42.1 Å². The van der Waals surface area contributed by atoms with Crippen LogP contribution in [-0.2, 0) is 13.1 Å². The fourth-order valence-corrected chi connectivity index (χ4v) is 3.17. The van der Waals surface area contributed by atoms with Gasteiger partial charge in [0.25, 0.3) is 5.91 Å². The SMILES string of the molecule is CCn1ccc(CN(C)C(=O)c2cnn3c(-c4ccc(C)cc4)ccnc23)n1. The third kappa shape index (κ3) is 3.26. The minimum absolute atomic E-state index is 0.130. The van der Waals surface area contributed by atoms with Crippen molar-refractivity contribution < 1.29 is 4.79 Å². The van der Waals surface area contributed by atoms with E-state index in [2.05, 4.69) is 34.2 Å². The minimum Gasteiger partial charge on any atom is -0.336 e. The molecule has 0 bridgehead atoms. The molecule has 0 unspecified atom stereocenters. The van der Waals surface area contributed by atoms with E-state index in [0.29, 0.717) is 17.8 Å². The lowest BCUT2D eigenvalue weighted by Crippen LogP contribution is -2.26. The molecule has 0 N–H and O–H groups in total. The summed E-state index contributed by atoms with van der Waals surface area (Å²) < 4.78 is 3.57. The Kier molecular flexibility index (Phi) is 4.65. The smallest absolute Gasteiger partial charge is 0.259 e. The van der Waals surface area contributed by atoms with Crippen LogP contribution in [0, 0.1) is 6.92 Å². The van der Waals surface area contributed by atoms with Crippen molar-refractivity contribution in [1.29, 1.82) is 0 Å². The Bertz CT molecular complexity index is 1130. The number of rotatable bonds is 5. The number of amides is 1. The lowest BCUT2D eigenvalue weighted by molar-refractivity contribution is 0.0785. The molecule has 0 fully saturated rings. The van der Waals surface area contributed by atoms with Crippen molar-refractivity contribution >= 4 is 11.6 Å². The normalized spacial score (nSPS) is 11.1. The van der Waals surface area contributed by atoms with E-state index in [-0.39, 0.29) is 5.91 Å². The summed E-state index contributed by atoms with van der Waals surface area (Å²) in [5.74, 6) is -0.130. The highest BCUT2D eigenvalue weighted by molar-refractivity contribution is 5.99. The second-order valence-corrected chi connectivity index (χ2v) is 6.81. The first-order valence-corrected chi connectivity index (χ1v) is 9.24. The van der Waals surface area contributed by atoms with Crippen molar-refractivity contribution in [2.24, 2.45) is 0 Å². The third-order valence-electron chi connectivity index (χ3n) is 4.74. The van der Waals surface area contributed by atoms with Gasteiger partial charge in [-0.25, -0.2) is 9.50 Å². The second-order valence-electron chi connectivity index (χ2n) is 6.81. The van der Waals surface area contributed by atoms with Crippen LogP contribution in [0.2, 0.25) is 0 Å². The standard InChI is InChI=1S/C21H22N6O/c1-4-26-12-10-17(24-26)14-25(3)21(28)18-13-23-27-19(9-11-22-20(18)27)16-7-5-15(2)6-8-16/h5-13H,4,14H2,1-3H3. The van der Waals surface area contributed by atoms with Crippen LogP contribution in [0.5, 0.6) is 0 Å². The number of carbonyl (C=O) groups is 1. The van der Waals surface area contributed by atoms with Gasteiger partial charge in [-0.15, -0.1) is 0 Å². The van der Waals surface area contributed by atoms with E-state index in [4.69, 9.17) is 0 Å². The Balaban J connectivity index is 1.64. The molecule has 0 aliphatic heterocycles. The summed E-state index contributed by atoms with van der Waals surface area (Å²) in [5, 5.41) is 8.87. The van der Waals surface area contributed by atoms with Crippen molar-refractivity contribution in [2.45, 2.75) is 26.9 Å². The van der Waals surface area contributed by atoms with Crippen molar-refractivity contribution in [3.8, 4) is 11.3 Å². The molecule has 4 aromatic rings. The molecular formula is C21H22N6O. The van der Waals surface area contributed by atoms with E-state index in [0.717, 1.165) is 23.5 Å². The zero-order valence-corrected chi connectivity index (χ0v) is 16.2. The number of aromatic nitrogens is 5. The topological polar surface area (TPSA) is 68.3 Å². The summed E-state index contributed by atoms with van der Waals surface area (Å²) >= 11 is 0. The van der Waals surface area contributed by atoms with Gasteiger partial charge in [-0.2, -0.15) is 10.2 Å². The van der Waals surface area contributed by atoms with E-state index in [9.17, 15) is 4.79 Å². The molecule has 0 aliphatic carbocycles. The number of fused-ring (bicyclic) bond motifs is 1. The Morgan fingerprint density at radius 2 is 1.93 bits per heavy atom. The van der Waals surface area contributed by atoms with Gasteiger partial charge in [-0.3, -0.25) is 9.48 Å². The summed E-state index contributed by atoms with van der Waals surface area (Å²) in [5.41, 5.74) is 4.99. The zero-order chi connectivity index (χ0) is 19.7. The number of hydrogen-bond acceptors (Lipinski definition) is 4. The summed E-state index contributed by atoms with van der Waals surface area (Å²) in [6.45, 7) is 5.32. The van der Waals surface area contributed by atoms with Gasteiger partial charge in [0, 0.05) is 31.5 Å².